The summed E-state index contributed by atoms with van der Waals surface area (Å²) in [5.41, 5.74) is 13.9. The molecule has 0 saturated carbocycles. The lowest BCUT2D eigenvalue weighted by molar-refractivity contribution is 0.415. The van der Waals surface area contributed by atoms with Crippen LogP contribution in [0.2, 0.25) is 0 Å². The molecule has 0 amide bonds. The number of nitrogen functional groups attached to an aromatic ring is 1. The maximum absolute atomic E-state index is 6.16. The van der Waals surface area contributed by atoms with Crippen molar-refractivity contribution in [3.63, 3.8) is 0 Å². The topological polar surface area (TPSA) is 76.8 Å². The Bertz CT molecular complexity index is 844. The van der Waals surface area contributed by atoms with E-state index in [1.807, 2.05) is 12.1 Å². The van der Waals surface area contributed by atoms with Crippen LogP contribution in [0.1, 0.15) is 16.7 Å². The summed E-state index contributed by atoms with van der Waals surface area (Å²) < 4.78 is 5.20. The second-order valence-corrected chi connectivity index (χ2v) is 5.71. The van der Waals surface area contributed by atoms with Gasteiger partial charge in [0.05, 0.1) is 7.11 Å². The van der Waals surface area contributed by atoms with Crippen molar-refractivity contribution in [2.24, 2.45) is 0 Å². The molecule has 0 spiro atoms. The third-order valence-electron chi connectivity index (χ3n) is 4.26. The van der Waals surface area contributed by atoms with Crippen LogP contribution in [0.3, 0.4) is 0 Å². The quantitative estimate of drug-likeness (QED) is 0.724. The smallest absolute Gasteiger partial charge is 0.122 e. The van der Waals surface area contributed by atoms with Gasteiger partial charge in [-0.25, -0.2) is 0 Å². The first kappa shape index (κ1) is 15.1. The van der Waals surface area contributed by atoms with E-state index in [1.54, 1.807) is 13.2 Å². The van der Waals surface area contributed by atoms with E-state index < -0.39 is 0 Å². The molecule has 1 heterocycles. The van der Waals surface area contributed by atoms with Gasteiger partial charge in [0.1, 0.15) is 17.1 Å². The van der Waals surface area contributed by atoms with E-state index in [9.17, 15) is 0 Å². The van der Waals surface area contributed by atoms with Gasteiger partial charge in [-0.1, -0.05) is 0 Å². The predicted octanol–water partition coefficient (Wildman–Crippen LogP) is 3.65. The summed E-state index contributed by atoms with van der Waals surface area (Å²) in [4.78, 5) is 0. The number of methoxy groups -OCH3 is 1. The molecule has 0 unspecified atom stereocenters. The number of nitrogens with zero attached hydrogens (tertiary/aromatic N) is 2. The third kappa shape index (κ3) is 2.65. The van der Waals surface area contributed by atoms with Gasteiger partial charge >= 0.3 is 0 Å². The normalized spacial score (nSPS) is 10.8. The number of hydrogen-bond acceptors (Lipinski definition) is 4. The average Bonchev–Trinajstić information content (AvgIpc) is 3.01. The Labute approximate surface area is 135 Å². The molecule has 0 fully saturated rings. The fourth-order valence-electron chi connectivity index (χ4n) is 2.68. The standard InChI is InChI=1S/C18H20N4O/c1-10-7-13(8-11(2)12(10)3)17-18(21-22-20-17)15-6-5-14(23-4)9-16(15)19/h5-9H,19H2,1-4H3,(H,20,21,22). The summed E-state index contributed by atoms with van der Waals surface area (Å²) in [6.45, 7) is 6.33. The molecule has 3 rings (SSSR count). The Kier molecular flexibility index (Phi) is 3.78. The summed E-state index contributed by atoms with van der Waals surface area (Å²) in [5.74, 6) is 0.721. The van der Waals surface area contributed by atoms with Gasteiger partial charge < -0.3 is 10.5 Å². The minimum absolute atomic E-state index is 0.611. The largest absolute Gasteiger partial charge is 0.497 e. The molecular weight excluding hydrogens is 288 g/mol. The van der Waals surface area contributed by atoms with Crippen LogP contribution >= 0.6 is 0 Å². The van der Waals surface area contributed by atoms with E-state index >= 15 is 0 Å². The summed E-state index contributed by atoms with van der Waals surface area (Å²) >= 11 is 0. The highest BCUT2D eigenvalue weighted by atomic mass is 16.5. The fraction of sp³-hybridized carbons (Fsp3) is 0.222. The Hall–Kier alpha value is -2.82. The molecule has 0 radical (unpaired) electrons. The van der Waals surface area contributed by atoms with E-state index in [1.165, 1.54) is 16.7 Å². The lowest BCUT2D eigenvalue weighted by Gasteiger charge is -2.10. The van der Waals surface area contributed by atoms with Crippen LogP contribution in [0.15, 0.2) is 30.3 Å². The van der Waals surface area contributed by atoms with E-state index in [0.29, 0.717) is 5.69 Å². The Morgan fingerprint density at radius 2 is 1.61 bits per heavy atom. The lowest BCUT2D eigenvalue weighted by atomic mass is 9.97. The lowest BCUT2D eigenvalue weighted by Crippen LogP contribution is -1.94. The Morgan fingerprint density at radius 1 is 0.957 bits per heavy atom. The summed E-state index contributed by atoms with van der Waals surface area (Å²) in [6, 6.07) is 9.82. The van der Waals surface area contributed by atoms with Crippen molar-refractivity contribution in [3.8, 4) is 28.3 Å². The molecule has 1 aromatic heterocycles. The van der Waals surface area contributed by atoms with E-state index in [4.69, 9.17) is 10.5 Å². The molecular formula is C18H20N4O. The average molecular weight is 308 g/mol. The molecule has 118 valence electrons. The number of nitrogens with one attached hydrogen (secondary N) is 1. The first-order chi connectivity index (χ1) is 11.0. The zero-order valence-electron chi connectivity index (χ0n) is 13.8. The van der Waals surface area contributed by atoms with E-state index in [0.717, 1.165) is 28.3 Å². The number of anilines is 1. The van der Waals surface area contributed by atoms with Crippen LogP contribution in [-0.4, -0.2) is 22.5 Å². The molecule has 0 atom stereocenters. The number of rotatable bonds is 3. The summed E-state index contributed by atoms with van der Waals surface area (Å²) in [6.07, 6.45) is 0. The van der Waals surface area contributed by atoms with Crippen LogP contribution in [0.4, 0.5) is 5.69 Å². The number of nitrogens with two attached hydrogens (primary N) is 1. The molecule has 23 heavy (non-hydrogen) atoms. The van der Waals surface area contributed by atoms with Gasteiger partial charge in [-0.15, -0.1) is 0 Å². The molecule has 5 nitrogen and oxygen atoms in total. The van der Waals surface area contributed by atoms with Crippen molar-refractivity contribution >= 4 is 5.69 Å². The minimum Gasteiger partial charge on any atom is -0.497 e. The number of aromatic nitrogens is 3. The minimum atomic E-state index is 0.611. The molecule has 0 bridgehead atoms. The van der Waals surface area contributed by atoms with Gasteiger partial charge in [0.2, 0.25) is 0 Å². The van der Waals surface area contributed by atoms with Crippen LogP contribution in [0.5, 0.6) is 5.75 Å². The highest BCUT2D eigenvalue weighted by molar-refractivity contribution is 5.84. The van der Waals surface area contributed by atoms with Crippen molar-refractivity contribution in [1.82, 2.24) is 15.4 Å². The SMILES string of the molecule is COc1ccc(-c2n[nH]nc2-c2cc(C)c(C)c(C)c2)c(N)c1. The predicted molar refractivity (Wildman–Crippen MR) is 92.4 cm³/mol. The van der Waals surface area contributed by atoms with Crippen molar-refractivity contribution in [2.45, 2.75) is 20.8 Å². The van der Waals surface area contributed by atoms with E-state index in [2.05, 4.69) is 48.3 Å². The van der Waals surface area contributed by atoms with Gasteiger partial charge in [-0.3, -0.25) is 0 Å². The molecule has 2 aromatic carbocycles. The van der Waals surface area contributed by atoms with E-state index in [-0.39, 0.29) is 0 Å². The second-order valence-electron chi connectivity index (χ2n) is 5.71. The first-order valence-corrected chi connectivity index (χ1v) is 7.44. The number of benzene rings is 2. The summed E-state index contributed by atoms with van der Waals surface area (Å²) in [5, 5.41) is 11.4. The number of ether oxygens (including phenoxy) is 1. The van der Waals surface area contributed by atoms with Crippen molar-refractivity contribution in [1.29, 1.82) is 0 Å². The number of hydrogen-bond donors (Lipinski definition) is 2. The highest BCUT2D eigenvalue weighted by Gasteiger charge is 2.16. The number of H-pyrrole nitrogens is 1. The maximum Gasteiger partial charge on any atom is 0.122 e. The molecule has 5 heteroatoms. The van der Waals surface area contributed by atoms with Crippen LogP contribution in [0, 0.1) is 20.8 Å². The van der Waals surface area contributed by atoms with Gasteiger partial charge in [-0.2, -0.15) is 15.4 Å². The number of aromatic amines is 1. The van der Waals surface area contributed by atoms with Crippen LogP contribution in [-0.2, 0) is 0 Å². The zero-order chi connectivity index (χ0) is 16.6. The second kappa shape index (κ2) is 5.76. The molecule has 3 aromatic rings. The maximum atomic E-state index is 6.16. The highest BCUT2D eigenvalue weighted by Crippen LogP contribution is 2.34. The van der Waals surface area contributed by atoms with Crippen LogP contribution < -0.4 is 10.5 Å². The molecule has 0 aliphatic heterocycles. The van der Waals surface area contributed by atoms with Gasteiger partial charge in [-0.05, 0) is 61.7 Å². The van der Waals surface area contributed by atoms with Crippen molar-refractivity contribution < 1.29 is 4.74 Å². The van der Waals surface area contributed by atoms with Crippen LogP contribution in [0.25, 0.3) is 22.5 Å². The molecule has 0 aliphatic carbocycles. The molecule has 0 aliphatic rings. The third-order valence-corrected chi connectivity index (χ3v) is 4.26. The van der Waals surface area contributed by atoms with Gasteiger partial charge in [0, 0.05) is 22.9 Å². The Balaban J connectivity index is 2.14. The summed E-state index contributed by atoms with van der Waals surface area (Å²) in [7, 11) is 1.62. The Morgan fingerprint density at radius 3 is 2.22 bits per heavy atom. The van der Waals surface area contributed by atoms with Gasteiger partial charge in [0.25, 0.3) is 0 Å². The molecule has 0 saturated heterocycles. The first-order valence-electron chi connectivity index (χ1n) is 7.44. The zero-order valence-corrected chi connectivity index (χ0v) is 13.8. The van der Waals surface area contributed by atoms with Crippen molar-refractivity contribution in [2.75, 3.05) is 12.8 Å². The van der Waals surface area contributed by atoms with Gasteiger partial charge in [0.15, 0.2) is 0 Å². The fourth-order valence-corrected chi connectivity index (χ4v) is 2.68. The number of aryl methyl sites for hydroxylation is 2. The molecule has 3 N–H and O–H groups in total. The van der Waals surface area contributed by atoms with Crippen molar-refractivity contribution in [3.05, 3.63) is 47.0 Å². The monoisotopic (exact) mass is 308 g/mol.